The Morgan fingerprint density at radius 2 is 0.636 bits per heavy atom. The summed E-state index contributed by atoms with van der Waals surface area (Å²) < 4.78 is 0. The van der Waals surface area contributed by atoms with Crippen molar-refractivity contribution in [1.82, 2.24) is 0 Å². The first kappa shape index (κ1) is 13.3. The highest BCUT2D eigenvalue weighted by atomic mass is 14.2. The van der Waals surface area contributed by atoms with E-state index in [1.54, 1.807) is 0 Å². The molecule has 108 valence electrons. The highest BCUT2D eigenvalue weighted by molar-refractivity contribution is 6.14. The summed E-state index contributed by atoms with van der Waals surface area (Å²) in [5, 5.41) is 8.39. The zero-order valence-electron chi connectivity index (χ0n) is 13.6. The number of fused-ring (bicyclic) bond motifs is 3. The normalized spacial score (nSPS) is 11.6. The van der Waals surface area contributed by atoms with Crippen molar-refractivity contribution in [3.63, 3.8) is 0 Å². The summed E-state index contributed by atoms with van der Waals surface area (Å²) in [7, 11) is 0. The summed E-state index contributed by atoms with van der Waals surface area (Å²) in [5.74, 6) is 0. The molecule has 0 bridgehead atoms. The second-order valence-electron chi connectivity index (χ2n) is 6.34. The van der Waals surface area contributed by atoms with Crippen LogP contribution in [-0.2, 0) is 0 Å². The van der Waals surface area contributed by atoms with Gasteiger partial charge < -0.3 is 0 Å². The van der Waals surface area contributed by atoms with Crippen LogP contribution in [0.25, 0.3) is 32.3 Å². The molecule has 0 N–H and O–H groups in total. The molecule has 22 heavy (non-hydrogen) atoms. The molecule has 0 spiro atoms. The van der Waals surface area contributed by atoms with Crippen molar-refractivity contribution in [2.24, 2.45) is 0 Å². The Kier molecular flexibility index (Phi) is 2.77. The summed E-state index contributed by atoms with van der Waals surface area (Å²) in [6.45, 7) is 9.08. The Hall–Kier alpha value is -2.34. The van der Waals surface area contributed by atoms with Gasteiger partial charge in [0.1, 0.15) is 0 Å². The minimum absolute atomic E-state index is 1.38. The molecule has 0 radical (unpaired) electrons. The minimum atomic E-state index is 1.38. The van der Waals surface area contributed by atoms with Crippen molar-refractivity contribution < 1.29 is 0 Å². The number of aryl methyl sites for hydroxylation is 4. The molecule has 0 aliphatic carbocycles. The van der Waals surface area contributed by atoms with Gasteiger partial charge in [-0.15, -0.1) is 0 Å². The lowest BCUT2D eigenvalue weighted by Crippen LogP contribution is -1.95. The fraction of sp³-hybridized carbons (Fsp3) is 0.182. The average Bonchev–Trinajstić information content (AvgIpc) is 2.56. The van der Waals surface area contributed by atoms with Crippen LogP contribution in [0.5, 0.6) is 0 Å². The van der Waals surface area contributed by atoms with Crippen LogP contribution >= 0.6 is 0 Å². The van der Waals surface area contributed by atoms with E-state index < -0.39 is 0 Å². The molecular weight excluding hydrogens is 264 g/mol. The molecule has 0 nitrogen and oxygen atoms in total. The van der Waals surface area contributed by atoms with Crippen molar-refractivity contribution in [1.29, 1.82) is 0 Å². The van der Waals surface area contributed by atoms with Gasteiger partial charge in [-0.3, -0.25) is 0 Å². The Labute approximate surface area is 131 Å². The van der Waals surface area contributed by atoms with Gasteiger partial charge in [0, 0.05) is 0 Å². The highest BCUT2D eigenvalue weighted by Gasteiger charge is 2.15. The van der Waals surface area contributed by atoms with Gasteiger partial charge in [0.15, 0.2) is 0 Å². The lowest BCUT2D eigenvalue weighted by Gasteiger charge is -2.19. The van der Waals surface area contributed by atoms with Crippen molar-refractivity contribution in [3.8, 4) is 0 Å². The van der Waals surface area contributed by atoms with Crippen molar-refractivity contribution in [2.45, 2.75) is 27.7 Å². The summed E-state index contributed by atoms with van der Waals surface area (Å²) in [6.07, 6.45) is 0. The zero-order chi connectivity index (χ0) is 15.4. The predicted octanol–water partition coefficient (Wildman–Crippen LogP) is 6.38. The molecule has 4 aromatic rings. The third-order valence-corrected chi connectivity index (χ3v) is 5.22. The SMILES string of the molecule is Cc1c2ccccc2c(C)c2c(C)c3ccccc3c(C)c12. The quantitative estimate of drug-likeness (QED) is 0.329. The molecule has 0 aliphatic rings. The molecule has 0 saturated heterocycles. The van der Waals surface area contributed by atoms with E-state index in [0.29, 0.717) is 0 Å². The van der Waals surface area contributed by atoms with Crippen LogP contribution in [0.15, 0.2) is 48.5 Å². The molecule has 0 amide bonds. The van der Waals surface area contributed by atoms with E-state index in [0.717, 1.165) is 0 Å². The Morgan fingerprint density at radius 1 is 0.409 bits per heavy atom. The fourth-order valence-corrected chi connectivity index (χ4v) is 4.13. The first-order valence-electron chi connectivity index (χ1n) is 7.90. The van der Waals surface area contributed by atoms with E-state index >= 15 is 0 Å². The van der Waals surface area contributed by atoms with E-state index in [-0.39, 0.29) is 0 Å². The first-order valence-corrected chi connectivity index (χ1v) is 7.90. The van der Waals surface area contributed by atoms with E-state index in [1.807, 2.05) is 0 Å². The van der Waals surface area contributed by atoms with Gasteiger partial charge in [-0.1, -0.05) is 48.5 Å². The van der Waals surface area contributed by atoms with E-state index in [4.69, 9.17) is 0 Å². The lowest BCUT2D eigenvalue weighted by molar-refractivity contribution is 1.45. The summed E-state index contributed by atoms with van der Waals surface area (Å²) in [4.78, 5) is 0. The number of rotatable bonds is 0. The van der Waals surface area contributed by atoms with Crippen molar-refractivity contribution in [3.05, 3.63) is 70.8 Å². The number of benzene rings is 4. The Balaban J connectivity index is 2.42. The van der Waals surface area contributed by atoms with Gasteiger partial charge in [0.2, 0.25) is 0 Å². The first-order chi connectivity index (χ1) is 10.6. The van der Waals surface area contributed by atoms with Gasteiger partial charge >= 0.3 is 0 Å². The van der Waals surface area contributed by atoms with Gasteiger partial charge in [-0.05, 0) is 82.3 Å². The minimum Gasteiger partial charge on any atom is -0.0616 e. The maximum absolute atomic E-state index is 2.27. The van der Waals surface area contributed by atoms with Gasteiger partial charge in [-0.2, -0.15) is 0 Å². The fourth-order valence-electron chi connectivity index (χ4n) is 4.13. The van der Waals surface area contributed by atoms with Crippen LogP contribution in [0, 0.1) is 27.7 Å². The predicted molar refractivity (Wildman–Crippen MR) is 97.9 cm³/mol. The van der Waals surface area contributed by atoms with Crippen molar-refractivity contribution in [2.75, 3.05) is 0 Å². The molecular formula is C22H20. The maximum atomic E-state index is 2.27. The van der Waals surface area contributed by atoms with E-state index in [9.17, 15) is 0 Å². The van der Waals surface area contributed by atoms with Crippen LogP contribution in [0.3, 0.4) is 0 Å². The van der Waals surface area contributed by atoms with Gasteiger partial charge in [0.25, 0.3) is 0 Å². The summed E-state index contributed by atoms with van der Waals surface area (Å²) >= 11 is 0. The molecule has 0 aromatic heterocycles. The van der Waals surface area contributed by atoms with Gasteiger partial charge in [0.05, 0.1) is 0 Å². The summed E-state index contributed by atoms with van der Waals surface area (Å²) in [5.41, 5.74) is 5.62. The van der Waals surface area contributed by atoms with Crippen LogP contribution in [-0.4, -0.2) is 0 Å². The standard InChI is InChI=1S/C22H20/c1-13-17-9-5-6-10-18(17)15(3)22-16(4)20-12-8-7-11-19(20)14(2)21(13)22/h5-12H,1-4H3. The third-order valence-electron chi connectivity index (χ3n) is 5.22. The van der Waals surface area contributed by atoms with Crippen molar-refractivity contribution >= 4 is 32.3 Å². The molecule has 0 fully saturated rings. The smallest absolute Gasteiger partial charge is 0.0107 e. The average molecular weight is 284 g/mol. The molecule has 0 saturated carbocycles. The van der Waals surface area contributed by atoms with Crippen LogP contribution in [0.4, 0.5) is 0 Å². The summed E-state index contributed by atoms with van der Waals surface area (Å²) in [6, 6.07) is 17.6. The number of hydrogen-bond donors (Lipinski definition) is 0. The maximum Gasteiger partial charge on any atom is -0.0107 e. The second-order valence-corrected chi connectivity index (χ2v) is 6.34. The van der Waals surface area contributed by atoms with Crippen LogP contribution in [0.1, 0.15) is 22.3 Å². The monoisotopic (exact) mass is 284 g/mol. The van der Waals surface area contributed by atoms with Gasteiger partial charge in [-0.25, -0.2) is 0 Å². The van der Waals surface area contributed by atoms with Crippen LogP contribution < -0.4 is 0 Å². The molecule has 4 rings (SSSR count). The van der Waals surface area contributed by atoms with E-state index in [1.165, 1.54) is 54.6 Å². The highest BCUT2D eigenvalue weighted by Crippen LogP contribution is 2.39. The Bertz CT molecular complexity index is 884. The molecule has 0 heterocycles. The van der Waals surface area contributed by atoms with Crippen LogP contribution in [0.2, 0.25) is 0 Å². The molecule has 4 aromatic carbocycles. The molecule has 0 unspecified atom stereocenters. The molecule has 0 aliphatic heterocycles. The third kappa shape index (κ3) is 1.58. The second kappa shape index (κ2) is 4.58. The lowest BCUT2D eigenvalue weighted by atomic mass is 9.85. The van der Waals surface area contributed by atoms with E-state index in [2.05, 4.69) is 76.2 Å². The molecule has 0 atom stereocenters. The zero-order valence-corrected chi connectivity index (χ0v) is 13.6. The number of hydrogen-bond acceptors (Lipinski definition) is 0. The topological polar surface area (TPSA) is 0 Å². The molecule has 0 heteroatoms. The largest absolute Gasteiger partial charge is 0.0616 e. The Morgan fingerprint density at radius 3 is 0.864 bits per heavy atom.